The van der Waals surface area contributed by atoms with Crippen LogP contribution in [0.25, 0.3) is 0 Å². The Bertz CT molecular complexity index is 745. The maximum absolute atomic E-state index is 12.9. The van der Waals surface area contributed by atoms with Gasteiger partial charge in [-0.3, -0.25) is 9.48 Å². The molecule has 0 aromatic carbocycles. The van der Waals surface area contributed by atoms with Crippen molar-refractivity contribution in [2.75, 3.05) is 5.32 Å². The Morgan fingerprint density at radius 3 is 2.42 bits per heavy atom. The van der Waals surface area contributed by atoms with Crippen molar-refractivity contribution in [2.45, 2.75) is 85.1 Å². The molecule has 144 valence electrons. The van der Waals surface area contributed by atoms with Gasteiger partial charge in [-0.05, 0) is 17.9 Å². The average molecular weight is 361 g/mol. The van der Waals surface area contributed by atoms with Crippen molar-refractivity contribution in [3.63, 3.8) is 0 Å². The molecular formula is C20H32N4O2. The van der Waals surface area contributed by atoms with E-state index in [-0.39, 0.29) is 16.7 Å². The van der Waals surface area contributed by atoms with Gasteiger partial charge >= 0.3 is 0 Å². The minimum atomic E-state index is -0.205. The van der Waals surface area contributed by atoms with Crippen molar-refractivity contribution in [3.05, 3.63) is 29.3 Å². The standard InChI is InChI=1S/C20H32N4O2/c1-8-9-10-11-24-15(12-16(22-24)20(5,6)7)18(25)21-17-14(13-26-23-17)19(2,3)4/h12-13H,8-11H2,1-7H3,(H,21,23,25). The number of carbonyl (C=O) groups excluding carboxylic acids is 1. The first-order chi connectivity index (χ1) is 12.0. The molecule has 0 bridgehead atoms. The van der Waals surface area contributed by atoms with Crippen molar-refractivity contribution < 1.29 is 9.32 Å². The van der Waals surface area contributed by atoms with E-state index in [4.69, 9.17) is 4.52 Å². The Morgan fingerprint density at radius 1 is 1.15 bits per heavy atom. The number of hydrogen-bond acceptors (Lipinski definition) is 4. The SMILES string of the molecule is CCCCCn1nc(C(C)(C)C)cc1C(=O)Nc1nocc1C(C)(C)C. The van der Waals surface area contributed by atoms with Gasteiger partial charge in [0, 0.05) is 17.5 Å². The van der Waals surface area contributed by atoms with Crippen LogP contribution in [0.3, 0.4) is 0 Å². The van der Waals surface area contributed by atoms with Crippen LogP contribution >= 0.6 is 0 Å². The maximum atomic E-state index is 12.9. The van der Waals surface area contributed by atoms with Crippen LogP contribution in [0.5, 0.6) is 0 Å². The van der Waals surface area contributed by atoms with Crippen LogP contribution in [-0.4, -0.2) is 20.8 Å². The molecule has 0 saturated heterocycles. The molecule has 2 aromatic heterocycles. The van der Waals surface area contributed by atoms with E-state index in [1.165, 1.54) is 0 Å². The highest BCUT2D eigenvalue weighted by Gasteiger charge is 2.26. The second-order valence-electron chi connectivity index (χ2n) is 8.88. The molecule has 0 saturated carbocycles. The van der Waals surface area contributed by atoms with Crippen LogP contribution < -0.4 is 5.32 Å². The first-order valence-corrected chi connectivity index (χ1v) is 9.38. The minimum Gasteiger partial charge on any atom is -0.362 e. The lowest BCUT2D eigenvalue weighted by atomic mass is 9.89. The number of nitrogens with zero attached hydrogens (tertiary/aromatic N) is 3. The number of unbranched alkanes of at least 4 members (excludes halogenated alkanes) is 2. The zero-order chi connectivity index (χ0) is 19.5. The first kappa shape index (κ1) is 20.2. The lowest BCUT2D eigenvalue weighted by molar-refractivity contribution is 0.101. The predicted molar refractivity (Wildman–Crippen MR) is 104 cm³/mol. The van der Waals surface area contributed by atoms with Gasteiger partial charge in [-0.25, -0.2) is 0 Å². The predicted octanol–water partition coefficient (Wildman–Crippen LogP) is 4.91. The van der Waals surface area contributed by atoms with Crippen molar-refractivity contribution in [2.24, 2.45) is 0 Å². The summed E-state index contributed by atoms with van der Waals surface area (Å²) >= 11 is 0. The smallest absolute Gasteiger partial charge is 0.275 e. The first-order valence-electron chi connectivity index (χ1n) is 9.38. The molecule has 0 unspecified atom stereocenters. The minimum absolute atomic E-state index is 0.116. The third kappa shape index (κ3) is 4.74. The quantitative estimate of drug-likeness (QED) is 0.743. The van der Waals surface area contributed by atoms with Crippen molar-refractivity contribution in [3.8, 4) is 0 Å². The fourth-order valence-electron chi connectivity index (χ4n) is 2.68. The van der Waals surface area contributed by atoms with Crippen LogP contribution in [0.4, 0.5) is 5.82 Å². The Hall–Kier alpha value is -2.11. The van der Waals surface area contributed by atoms with Gasteiger partial charge in [0.15, 0.2) is 5.82 Å². The summed E-state index contributed by atoms with van der Waals surface area (Å²) in [6, 6.07) is 1.89. The Balaban J connectivity index is 2.29. The summed E-state index contributed by atoms with van der Waals surface area (Å²) in [6.45, 7) is 15.4. The molecule has 0 atom stereocenters. The third-order valence-corrected chi connectivity index (χ3v) is 4.36. The summed E-state index contributed by atoms with van der Waals surface area (Å²) < 4.78 is 6.91. The molecule has 1 N–H and O–H groups in total. The van der Waals surface area contributed by atoms with Gasteiger partial charge in [0.25, 0.3) is 5.91 Å². The van der Waals surface area contributed by atoms with Crippen LogP contribution in [0, 0.1) is 0 Å². The van der Waals surface area contributed by atoms with E-state index in [9.17, 15) is 4.79 Å². The summed E-state index contributed by atoms with van der Waals surface area (Å²) in [4.78, 5) is 12.9. The number of hydrogen-bond donors (Lipinski definition) is 1. The molecule has 2 aromatic rings. The van der Waals surface area contributed by atoms with Gasteiger partial charge in [0.1, 0.15) is 12.0 Å². The molecule has 0 fully saturated rings. The number of anilines is 1. The molecule has 0 aliphatic carbocycles. The summed E-state index contributed by atoms with van der Waals surface area (Å²) in [6.07, 6.45) is 4.83. The lowest BCUT2D eigenvalue weighted by Crippen LogP contribution is -2.21. The summed E-state index contributed by atoms with van der Waals surface area (Å²) in [7, 11) is 0. The van der Waals surface area contributed by atoms with E-state index in [0.717, 1.165) is 37.1 Å². The summed E-state index contributed by atoms with van der Waals surface area (Å²) in [5.74, 6) is 0.269. The van der Waals surface area contributed by atoms with E-state index in [1.54, 1.807) is 6.26 Å². The van der Waals surface area contributed by atoms with Gasteiger partial charge in [-0.2, -0.15) is 5.10 Å². The molecule has 0 spiro atoms. The fraction of sp³-hybridized carbons (Fsp3) is 0.650. The molecule has 1 amide bonds. The van der Waals surface area contributed by atoms with Gasteiger partial charge in [-0.15, -0.1) is 0 Å². The van der Waals surface area contributed by atoms with E-state index < -0.39 is 0 Å². The molecular weight excluding hydrogens is 328 g/mol. The van der Waals surface area contributed by atoms with Crippen LogP contribution in [0.1, 0.15) is 89.5 Å². The topological polar surface area (TPSA) is 73.0 Å². The monoisotopic (exact) mass is 360 g/mol. The molecule has 6 nitrogen and oxygen atoms in total. The maximum Gasteiger partial charge on any atom is 0.275 e. The molecule has 2 rings (SSSR count). The fourth-order valence-corrected chi connectivity index (χ4v) is 2.68. The zero-order valence-electron chi connectivity index (χ0n) is 17.1. The van der Waals surface area contributed by atoms with Gasteiger partial charge in [0.05, 0.1) is 5.69 Å². The number of amides is 1. The highest BCUT2D eigenvalue weighted by molar-refractivity contribution is 6.03. The summed E-state index contributed by atoms with van der Waals surface area (Å²) in [5.41, 5.74) is 2.07. The molecule has 6 heteroatoms. The molecule has 0 aliphatic heterocycles. The second-order valence-corrected chi connectivity index (χ2v) is 8.88. The molecule has 26 heavy (non-hydrogen) atoms. The normalized spacial score (nSPS) is 12.4. The van der Waals surface area contributed by atoms with Crippen molar-refractivity contribution in [1.29, 1.82) is 0 Å². The van der Waals surface area contributed by atoms with Gasteiger partial charge in [0.2, 0.25) is 0 Å². The van der Waals surface area contributed by atoms with Crippen LogP contribution in [0.15, 0.2) is 16.9 Å². The number of rotatable bonds is 6. The molecule has 2 heterocycles. The van der Waals surface area contributed by atoms with Gasteiger partial charge in [-0.1, -0.05) is 66.5 Å². The molecule has 0 radical (unpaired) electrons. The average Bonchev–Trinajstić information content (AvgIpc) is 3.13. The van der Waals surface area contributed by atoms with Crippen LogP contribution in [0.2, 0.25) is 0 Å². The van der Waals surface area contributed by atoms with E-state index in [2.05, 4.69) is 64.0 Å². The highest BCUT2D eigenvalue weighted by Crippen LogP contribution is 2.29. The number of aromatic nitrogens is 3. The van der Waals surface area contributed by atoms with E-state index >= 15 is 0 Å². The second kappa shape index (κ2) is 7.64. The van der Waals surface area contributed by atoms with Crippen LogP contribution in [-0.2, 0) is 17.4 Å². The van der Waals surface area contributed by atoms with E-state index in [1.807, 2.05) is 10.7 Å². The lowest BCUT2D eigenvalue weighted by Gasteiger charge is -2.17. The van der Waals surface area contributed by atoms with Crippen molar-refractivity contribution in [1.82, 2.24) is 14.9 Å². The summed E-state index contributed by atoms with van der Waals surface area (Å²) in [5, 5.41) is 11.6. The molecule has 0 aliphatic rings. The van der Waals surface area contributed by atoms with Crippen molar-refractivity contribution >= 4 is 11.7 Å². The Morgan fingerprint density at radius 2 is 1.85 bits per heavy atom. The number of nitrogens with one attached hydrogen (secondary N) is 1. The van der Waals surface area contributed by atoms with E-state index in [0.29, 0.717) is 11.5 Å². The van der Waals surface area contributed by atoms with Gasteiger partial charge < -0.3 is 9.84 Å². The third-order valence-electron chi connectivity index (χ3n) is 4.36. The Kier molecular flexibility index (Phi) is 5.94. The zero-order valence-corrected chi connectivity index (χ0v) is 17.1. The largest absolute Gasteiger partial charge is 0.362 e. The number of carbonyl (C=O) groups is 1. The Labute approximate surface area is 156 Å². The number of aryl methyl sites for hydroxylation is 1. The highest BCUT2D eigenvalue weighted by atomic mass is 16.5.